The number of nitrogens with zero attached hydrogens (tertiary/aromatic N) is 3. The number of pyridine rings is 1. The van der Waals surface area contributed by atoms with E-state index in [4.69, 9.17) is 0 Å². The monoisotopic (exact) mass is 361 g/mol. The first-order valence-electron chi connectivity index (χ1n) is 8.53. The van der Waals surface area contributed by atoms with Crippen LogP contribution in [0, 0.1) is 0 Å². The van der Waals surface area contributed by atoms with E-state index in [2.05, 4.69) is 14.6 Å². The highest BCUT2D eigenvalue weighted by Crippen LogP contribution is 2.16. The van der Waals surface area contributed by atoms with E-state index in [-0.39, 0.29) is 18.1 Å². The molecule has 5 nitrogen and oxygen atoms in total. The molecule has 1 fully saturated rings. The smallest absolute Gasteiger partial charge is 0.387 e. The first-order valence-corrected chi connectivity index (χ1v) is 8.53. The zero-order valence-corrected chi connectivity index (χ0v) is 14.4. The summed E-state index contributed by atoms with van der Waals surface area (Å²) in [5.74, 6) is 0.150. The van der Waals surface area contributed by atoms with Crippen molar-refractivity contribution in [2.75, 3.05) is 26.2 Å². The number of ether oxygens (including phenoxy) is 1. The van der Waals surface area contributed by atoms with Gasteiger partial charge in [0, 0.05) is 45.1 Å². The molecule has 1 aromatic carbocycles. The molecule has 138 valence electrons. The molecule has 0 spiro atoms. The van der Waals surface area contributed by atoms with Crippen molar-refractivity contribution < 1.29 is 18.3 Å². The third kappa shape index (κ3) is 5.23. The Morgan fingerprint density at radius 3 is 2.27 bits per heavy atom. The van der Waals surface area contributed by atoms with Crippen LogP contribution in [0.3, 0.4) is 0 Å². The highest BCUT2D eigenvalue weighted by Gasteiger charge is 2.21. The van der Waals surface area contributed by atoms with E-state index in [1.807, 2.05) is 17.0 Å². The molecular weight excluding hydrogens is 340 g/mol. The standard InChI is InChI=1S/C19H21F2N3O2/c20-19(21)26-17-3-1-15(2-4-17)13-18(25)24-11-9-23(10-12-24)14-16-5-7-22-8-6-16/h1-8,19H,9-14H2. The minimum absolute atomic E-state index is 0.0519. The van der Waals surface area contributed by atoms with Crippen LogP contribution in [0.15, 0.2) is 48.8 Å². The largest absolute Gasteiger partial charge is 0.435 e. The average molecular weight is 361 g/mol. The Labute approximate surface area is 151 Å². The number of aromatic nitrogens is 1. The van der Waals surface area contributed by atoms with Crippen molar-refractivity contribution in [3.63, 3.8) is 0 Å². The number of carbonyl (C=O) groups excluding carboxylic acids is 1. The molecule has 1 saturated heterocycles. The maximum Gasteiger partial charge on any atom is 0.387 e. The van der Waals surface area contributed by atoms with Crippen LogP contribution in [0.5, 0.6) is 5.75 Å². The summed E-state index contributed by atoms with van der Waals surface area (Å²) in [6.07, 6.45) is 3.83. The second kappa shape index (κ2) is 8.71. The van der Waals surface area contributed by atoms with Gasteiger partial charge >= 0.3 is 6.61 Å². The van der Waals surface area contributed by atoms with E-state index in [0.29, 0.717) is 13.1 Å². The quantitative estimate of drug-likeness (QED) is 0.793. The third-order valence-electron chi connectivity index (χ3n) is 4.38. The summed E-state index contributed by atoms with van der Waals surface area (Å²) in [6, 6.07) is 10.2. The zero-order chi connectivity index (χ0) is 18.4. The Morgan fingerprint density at radius 2 is 1.65 bits per heavy atom. The Morgan fingerprint density at radius 1 is 1.00 bits per heavy atom. The maximum atomic E-state index is 12.4. The molecule has 2 heterocycles. The molecule has 0 bridgehead atoms. The van der Waals surface area contributed by atoms with E-state index in [1.165, 1.54) is 17.7 Å². The van der Waals surface area contributed by atoms with Gasteiger partial charge in [0.05, 0.1) is 6.42 Å². The van der Waals surface area contributed by atoms with E-state index in [1.54, 1.807) is 24.5 Å². The molecule has 1 aliphatic heterocycles. The highest BCUT2D eigenvalue weighted by atomic mass is 19.3. The highest BCUT2D eigenvalue weighted by molar-refractivity contribution is 5.79. The predicted molar refractivity (Wildman–Crippen MR) is 92.9 cm³/mol. The Balaban J connectivity index is 1.46. The van der Waals surface area contributed by atoms with Crippen LogP contribution in [0.1, 0.15) is 11.1 Å². The molecule has 0 radical (unpaired) electrons. The third-order valence-corrected chi connectivity index (χ3v) is 4.38. The second-order valence-corrected chi connectivity index (χ2v) is 6.21. The van der Waals surface area contributed by atoms with Crippen molar-refractivity contribution in [2.24, 2.45) is 0 Å². The van der Waals surface area contributed by atoms with Gasteiger partial charge in [0.25, 0.3) is 0 Å². The van der Waals surface area contributed by atoms with Gasteiger partial charge in [0.1, 0.15) is 5.75 Å². The van der Waals surface area contributed by atoms with Crippen LogP contribution in [-0.2, 0) is 17.8 Å². The molecule has 2 aromatic rings. The molecule has 26 heavy (non-hydrogen) atoms. The van der Waals surface area contributed by atoms with E-state index in [0.717, 1.165) is 25.2 Å². The van der Waals surface area contributed by atoms with Gasteiger partial charge < -0.3 is 9.64 Å². The number of hydrogen-bond acceptors (Lipinski definition) is 4. The Hall–Kier alpha value is -2.54. The fourth-order valence-electron chi connectivity index (χ4n) is 2.98. The first-order chi connectivity index (χ1) is 12.6. The maximum absolute atomic E-state index is 12.4. The van der Waals surface area contributed by atoms with Gasteiger partial charge in [-0.1, -0.05) is 12.1 Å². The Bertz CT molecular complexity index is 702. The van der Waals surface area contributed by atoms with Gasteiger partial charge in [0.15, 0.2) is 0 Å². The van der Waals surface area contributed by atoms with E-state index >= 15 is 0 Å². The number of halogens is 2. The van der Waals surface area contributed by atoms with E-state index in [9.17, 15) is 13.6 Å². The minimum atomic E-state index is -2.84. The number of carbonyl (C=O) groups is 1. The van der Waals surface area contributed by atoms with Crippen LogP contribution < -0.4 is 4.74 Å². The summed E-state index contributed by atoms with van der Waals surface area (Å²) in [5, 5.41) is 0. The molecule has 0 unspecified atom stereocenters. The summed E-state index contributed by atoms with van der Waals surface area (Å²) in [6.45, 7) is 1.05. The fraction of sp³-hybridized carbons (Fsp3) is 0.368. The molecular formula is C19H21F2N3O2. The molecule has 1 aromatic heterocycles. The summed E-state index contributed by atoms with van der Waals surface area (Å²) in [7, 11) is 0. The van der Waals surface area contributed by atoms with Gasteiger partial charge in [-0.05, 0) is 35.4 Å². The summed E-state index contributed by atoms with van der Waals surface area (Å²) < 4.78 is 28.6. The lowest BCUT2D eigenvalue weighted by atomic mass is 10.1. The lowest BCUT2D eigenvalue weighted by molar-refractivity contribution is -0.132. The normalized spacial score (nSPS) is 15.3. The van der Waals surface area contributed by atoms with Crippen LogP contribution in [-0.4, -0.2) is 53.5 Å². The van der Waals surface area contributed by atoms with Crippen molar-refractivity contribution in [3.8, 4) is 5.75 Å². The molecule has 1 aliphatic rings. The van der Waals surface area contributed by atoms with Crippen molar-refractivity contribution in [1.29, 1.82) is 0 Å². The van der Waals surface area contributed by atoms with Crippen molar-refractivity contribution in [1.82, 2.24) is 14.8 Å². The van der Waals surface area contributed by atoms with Gasteiger partial charge in [-0.15, -0.1) is 0 Å². The van der Waals surface area contributed by atoms with Crippen molar-refractivity contribution >= 4 is 5.91 Å². The molecule has 0 atom stereocenters. The molecule has 3 rings (SSSR count). The number of piperazine rings is 1. The van der Waals surface area contributed by atoms with Gasteiger partial charge in [-0.3, -0.25) is 14.7 Å². The molecule has 0 saturated carbocycles. The molecule has 1 amide bonds. The van der Waals surface area contributed by atoms with Crippen molar-refractivity contribution in [3.05, 3.63) is 59.9 Å². The Kier molecular flexibility index (Phi) is 6.12. The number of rotatable bonds is 6. The van der Waals surface area contributed by atoms with Crippen LogP contribution >= 0.6 is 0 Å². The van der Waals surface area contributed by atoms with Crippen LogP contribution in [0.25, 0.3) is 0 Å². The number of hydrogen-bond donors (Lipinski definition) is 0. The number of benzene rings is 1. The molecule has 0 aliphatic carbocycles. The summed E-state index contributed by atoms with van der Waals surface area (Å²) >= 11 is 0. The summed E-state index contributed by atoms with van der Waals surface area (Å²) in [4.78, 5) is 20.6. The number of alkyl halides is 2. The second-order valence-electron chi connectivity index (χ2n) is 6.21. The molecule has 0 N–H and O–H groups in total. The van der Waals surface area contributed by atoms with E-state index < -0.39 is 6.61 Å². The van der Waals surface area contributed by atoms with Gasteiger partial charge in [0.2, 0.25) is 5.91 Å². The number of amides is 1. The molecule has 7 heteroatoms. The first kappa shape index (κ1) is 18.3. The minimum Gasteiger partial charge on any atom is -0.435 e. The topological polar surface area (TPSA) is 45.7 Å². The van der Waals surface area contributed by atoms with Crippen LogP contribution in [0.2, 0.25) is 0 Å². The average Bonchev–Trinajstić information content (AvgIpc) is 2.64. The SMILES string of the molecule is O=C(Cc1ccc(OC(F)F)cc1)N1CCN(Cc2ccncc2)CC1. The lowest BCUT2D eigenvalue weighted by Crippen LogP contribution is -2.48. The fourth-order valence-corrected chi connectivity index (χ4v) is 2.98. The van der Waals surface area contributed by atoms with Gasteiger partial charge in [-0.25, -0.2) is 0 Å². The lowest BCUT2D eigenvalue weighted by Gasteiger charge is -2.34. The van der Waals surface area contributed by atoms with Gasteiger partial charge in [-0.2, -0.15) is 8.78 Å². The summed E-state index contributed by atoms with van der Waals surface area (Å²) in [5.41, 5.74) is 2.00. The predicted octanol–water partition coefficient (Wildman–Crippen LogP) is 2.57. The van der Waals surface area contributed by atoms with Crippen molar-refractivity contribution in [2.45, 2.75) is 19.6 Å². The zero-order valence-electron chi connectivity index (χ0n) is 14.4. The van der Waals surface area contributed by atoms with Crippen LogP contribution in [0.4, 0.5) is 8.78 Å².